The fourth-order valence-corrected chi connectivity index (χ4v) is 1.10. The Hall–Kier alpha value is -1.14. The third-order valence-electron chi connectivity index (χ3n) is 1.87. The van der Waals surface area contributed by atoms with E-state index < -0.39 is 30.2 Å². The molecule has 15 heavy (non-hydrogen) atoms. The first-order valence-electron chi connectivity index (χ1n) is 4.08. The molecule has 0 aliphatic heterocycles. The van der Waals surface area contributed by atoms with E-state index in [0.29, 0.717) is 6.07 Å². The fraction of sp³-hybridized carbons (Fsp3) is 0.333. The molecule has 0 bridgehead atoms. The molecule has 0 amide bonds. The molecule has 0 fully saturated rings. The van der Waals surface area contributed by atoms with E-state index in [2.05, 4.69) is 0 Å². The van der Waals surface area contributed by atoms with Crippen molar-refractivity contribution in [2.75, 3.05) is 6.61 Å². The van der Waals surface area contributed by atoms with Crippen LogP contribution < -0.4 is 5.73 Å². The second-order valence-corrected chi connectivity index (χ2v) is 3.06. The Morgan fingerprint density at radius 3 is 2.33 bits per heavy atom. The summed E-state index contributed by atoms with van der Waals surface area (Å²) >= 11 is 0. The molecule has 0 saturated carbocycles. The van der Waals surface area contributed by atoms with Crippen LogP contribution in [-0.4, -0.2) is 11.7 Å². The molecule has 1 aromatic carbocycles. The highest BCUT2D eigenvalue weighted by atomic mass is 19.4. The van der Waals surface area contributed by atoms with Gasteiger partial charge in [0.05, 0.1) is 18.2 Å². The van der Waals surface area contributed by atoms with E-state index in [1.165, 1.54) is 0 Å². The van der Waals surface area contributed by atoms with Crippen molar-refractivity contribution in [3.63, 3.8) is 0 Å². The number of nitrogens with two attached hydrogens (primary N) is 1. The Morgan fingerprint density at radius 1 is 1.27 bits per heavy atom. The maximum Gasteiger partial charge on any atom is 0.416 e. The van der Waals surface area contributed by atoms with Crippen LogP contribution in [0.25, 0.3) is 0 Å². The van der Waals surface area contributed by atoms with Gasteiger partial charge in [-0.2, -0.15) is 13.2 Å². The van der Waals surface area contributed by atoms with E-state index >= 15 is 0 Å². The van der Waals surface area contributed by atoms with Crippen LogP contribution in [0.1, 0.15) is 17.2 Å². The molecule has 84 valence electrons. The third kappa shape index (κ3) is 2.90. The van der Waals surface area contributed by atoms with Gasteiger partial charge in [0, 0.05) is 0 Å². The van der Waals surface area contributed by atoms with Gasteiger partial charge in [-0.3, -0.25) is 0 Å². The van der Waals surface area contributed by atoms with Crippen molar-refractivity contribution in [2.24, 2.45) is 5.73 Å². The lowest BCUT2D eigenvalue weighted by atomic mass is 10.0. The molecule has 0 saturated heterocycles. The molecule has 0 aliphatic rings. The highest BCUT2D eigenvalue weighted by Crippen LogP contribution is 2.31. The van der Waals surface area contributed by atoms with Crippen LogP contribution in [0.4, 0.5) is 17.6 Å². The molecule has 0 aromatic heterocycles. The van der Waals surface area contributed by atoms with Crippen molar-refractivity contribution in [1.82, 2.24) is 0 Å². The number of rotatable bonds is 2. The summed E-state index contributed by atoms with van der Waals surface area (Å²) < 4.78 is 49.6. The van der Waals surface area contributed by atoms with Gasteiger partial charge < -0.3 is 10.8 Å². The molecule has 1 aromatic rings. The molecule has 3 N–H and O–H groups in total. The Bertz CT molecular complexity index is 350. The predicted octanol–water partition coefficient (Wildman–Crippen LogP) is 1.84. The van der Waals surface area contributed by atoms with Crippen molar-refractivity contribution < 1.29 is 22.7 Å². The van der Waals surface area contributed by atoms with Crippen LogP contribution in [0.5, 0.6) is 0 Å². The van der Waals surface area contributed by atoms with Gasteiger partial charge in [-0.1, -0.05) is 0 Å². The molecular weight excluding hydrogens is 214 g/mol. The Morgan fingerprint density at radius 2 is 1.87 bits per heavy atom. The van der Waals surface area contributed by atoms with E-state index in [0.717, 1.165) is 12.1 Å². The number of hydrogen-bond acceptors (Lipinski definition) is 2. The SMILES string of the molecule is N[C@H](CO)c1cc(F)cc(C(F)(F)F)c1. The zero-order valence-corrected chi connectivity index (χ0v) is 7.55. The number of aliphatic hydroxyl groups is 1. The first-order chi connectivity index (χ1) is 6.84. The van der Waals surface area contributed by atoms with Crippen LogP contribution >= 0.6 is 0 Å². The van der Waals surface area contributed by atoms with Gasteiger partial charge in [0.25, 0.3) is 0 Å². The molecule has 2 nitrogen and oxygen atoms in total. The molecule has 0 unspecified atom stereocenters. The number of benzene rings is 1. The largest absolute Gasteiger partial charge is 0.416 e. The van der Waals surface area contributed by atoms with Crippen LogP contribution in [0.15, 0.2) is 18.2 Å². The van der Waals surface area contributed by atoms with Gasteiger partial charge in [0.1, 0.15) is 5.82 Å². The summed E-state index contributed by atoms with van der Waals surface area (Å²) in [6.07, 6.45) is -4.62. The maximum absolute atomic E-state index is 12.8. The van der Waals surface area contributed by atoms with Crippen molar-refractivity contribution in [3.05, 3.63) is 35.1 Å². The van der Waals surface area contributed by atoms with Crippen LogP contribution in [0.2, 0.25) is 0 Å². The van der Waals surface area contributed by atoms with E-state index in [4.69, 9.17) is 10.8 Å². The minimum Gasteiger partial charge on any atom is -0.394 e. The predicted molar refractivity (Wildman–Crippen MR) is 45.4 cm³/mol. The highest BCUT2D eigenvalue weighted by molar-refractivity contribution is 5.28. The fourth-order valence-electron chi connectivity index (χ4n) is 1.10. The molecule has 1 rings (SSSR count). The molecule has 6 heteroatoms. The number of hydrogen-bond donors (Lipinski definition) is 2. The minimum atomic E-state index is -4.62. The Labute approximate surface area is 83.3 Å². The Kier molecular flexibility index (Phi) is 3.31. The molecule has 0 spiro atoms. The summed E-state index contributed by atoms with van der Waals surface area (Å²) in [4.78, 5) is 0. The monoisotopic (exact) mass is 223 g/mol. The smallest absolute Gasteiger partial charge is 0.394 e. The lowest BCUT2D eigenvalue weighted by molar-refractivity contribution is -0.137. The van der Waals surface area contributed by atoms with Crippen LogP contribution in [-0.2, 0) is 6.18 Å². The Balaban J connectivity index is 3.17. The summed E-state index contributed by atoms with van der Waals surface area (Å²) in [6, 6.07) is 0.968. The summed E-state index contributed by atoms with van der Waals surface area (Å²) in [5.41, 5.74) is 4.10. The maximum atomic E-state index is 12.8. The number of halogens is 4. The number of aliphatic hydroxyl groups excluding tert-OH is 1. The van der Waals surface area contributed by atoms with Crippen molar-refractivity contribution in [2.45, 2.75) is 12.2 Å². The lowest BCUT2D eigenvalue weighted by Gasteiger charge is -2.12. The van der Waals surface area contributed by atoms with Gasteiger partial charge in [-0.15, -0.1) is 0 Å². The lowest BCUT2D eigenvalue weighted by Crippen LogP contribution is -2.16. The van der Waals surface area contributed by atoms with Gasteiger partial charge in [-0.05, 0) is 23.8 Å². The first-order valence-corrected chi connectivity index (χ1v) is 4.08. The van der Waals surface area contributed by atoms with Gasteiger partial charge in [0.15, 0.2) is 0 Å². The minimum absolute atomic E-state index is 0.0789. The van der Waals surface area contributed by atoms with Gasteiger partial charge in [0.2, 0.25) is 0 Å². The number of alkyl halides is 3. The molecule has 1 atom stereocenters. The average Bonchev–Trinajstić information content (AvgIpc) is 2.14. The topological polar surface area (TPSA) is 46.2 Å². The summed E-state index contributed by atoms with van der Waals surface area (Å²) in [6.45, 7) is -0.541. The second kappa shape index (κ2) is 4.16. The molecule has 0 aliphatic carbocycles. The zero-order valence-electron chi connectivity index (χ0n) is 7.55. The quantitative estimate of drug-likeness (QED) is 0.751. The van der Waals surface area contributed by atoms with E-state index in [9.17, 15) is 17.6 Å². The van der Waals surface area contributed by atoms with Crippen LogP contribution in [0, 0.1) is 5.82 Å². The first kappa shape index (κ1) is 11.9. The van der Waals surface area contributed by atoms with Gasteiger partial charge >= 0.3 is 6.18 Å². The highest BCUT2D eigenvalue weighted by Gasteiger charge is 2.31. The van der Waals surface area contributed by atoms with E-state index in [1.807, 2.05) is 0 Å². The summed E-state index contributed by atoms with van der Waals surface area (Å²) in [5, 5.41) is 8.64. The summed E-state index contributed by atoms with van der Waals surface area (Å²) in [7, 11) is 0. The van der Waals surface area contributed by atoms with Gasteiger partial charge in [-0.25, -0.2) is 4.39 Å². The van der Waals surface area contributed by atoms with Crippen LogP contribution in [0.3, 0.4) is 0 Å². The molecule has 0 radical (unpaired) electrons. The normalized spacial score (nSPS) is 14.0. The zero-order chi connectivity index (χ0) is 11.6. The average molecular weight is 223 g/mol. The standard InChI is InChI=1S/C9H9F4NO/c10-7-2-5(8(14)4-15)1-6(3-7)9(11,12)13/h1-3,8,15H,4,14H2/t8-/m1/s1. The second-order valence-electron chi connectivity index (χ2n) is 3.06. The van der Waals surface area contributed by atoms with Crippen molar-refractivity contribution in [3.8, 4) is 0 Å². The van der Waals surface area contributed by atoms with E-state index in [-0.39, 0.29) is 5.56 Å². The van der Waals surface area contributed by atoms with Crippen molar-refractivity contribution in [1.29, 1.82) is 0 Å². The van der Waals surface area contributed by atoms with Crippen molar-refractivity contribution >= 4 is 0 Å². The molecular formula is C9H9F4NO. The summed E-state index contributed by atoms with van der Waals surface area (Å²) in [5.74, 6) is -1.02. The van der Waals surface area contributed by atoms with E-state index in [1.54, 1.807) is 0 Å². The molecule has 0 heterocycles. The third-order valence-corrected chi connectivity index (χ3v) is 1.87.